The van der Waals surface area contributed by atoms with Crippen LogP contribution >= 0.6 is 0 Å². The Balaban J connectivity index is 2.22. The Morgan fingerprint density at radius 2 is 2.05 bits per heavy atom. The molecule has 0 fully saturated rings. The topological polar surface area (TPSA) is 84.6 Å². The van der Waals surface area contributed by atoms with Crippen LogP contribution in [-0.4, -0.2) is 17.1 Å². The summed E-state index contributed by atoms with van der Waals surface area (Å²) in [5.74, 6) is 0.723. The van der Waals surface area contributed by atoms with Gasteiger partial charge in [0.25, 0.3) is 5.69 Å². The van der Waals surface area contributed by atoms with Crippen LogP contribution in [0, 0.1) is 17.0 Å². The Kier molecular flexibility index (Phi) is 4.27. The SMILES string of the molecule is COc1ccc(O)c(CNc2ccc(C)cc2[N+](=O)[O-])c1. The highest BCUT2D eigenvalue weighted by atomic mass is 16.6. The van der Waals surface area contributed by atoms with E-state index in [1.807, 2.05) is 0 Å². The lowest BCUT2D eigenvalue weighted by Gasteiger charge is -2.10. The number of methoxy groups -OCH3 is 1. The third kappa shape index (κ3) is 3.42. The molecule has 0 radical (unpaired) electrons. The predicted octanol–water partition coefficient (Wildman–Crippen LogP) is 3.23. The van der Waals surface area contributed by atoms with E-state index in [1.54, 1.807) is 31.2 Å². The maximum Gasteiger partial charge on any atom is 0.292 e. The minimum Gasteiger partial charge on any atom is -0.508 e. The lowest BCUT2D eigenvalue weighted by molar-refractivity contribution is -0.384. The van der Waals surface area contributed by atoms with Gasteiger partial charge >= 0.3 is 0 Å². The number of ether oxygens (including phenoxy) is 1. The molecular weight excluding hydrogens is 272 g/mol. The summed E-state index contributed by atoms with van der Waals surface area (Å²) in [4.78, 5) is 10.6. The summed E-state index contributed by atoms with van der Waals surface area (Å²) in [6, 6.07) is 9.81. The van der Waals surface area contributed by atoms with E-state index >= 15 is 0 Å². The number of aryl methyl sites for hydroxylation is 1. The molecule has 0 aliphatic rings. The van der Waals surface area contributed by atoms with Gasteiger partial charge in [-0.15, -0.1) is 0 Å². The van der Waals surface area contributed by atoms with E-state index in [-0.39, 0.29) is 18.0 Å². The normalized spacial score (nSPS) is 10.2. The molecule has 0 aliphatic carbocycles. The van der Waals surface area contributed by atoms with Gasteiger partial charge in [-0.25, -0.2) is 0 Å². The monoisotopic (exact) mass is 288 g/mol. The molecule has 0 unspecified atom stereocenters. The van der Waals surface area contributed by atoms with Crippen LogP contribution in [0.15, 0.2) is 36.4 Å². The van der Waals surface area contributed by atoms with Gasteiger partial charge in [0.2, 0.25) is 0 Å². The number of nitrogens with zero attached hydrogens (tertiary/aromatic N) is 1. The number of benzene rings is 2. The van der Waals surface area contributed by atoms with Crippen molar-refractivity contribution in [3.8, 4) is 11.5 Å². The predicted molar refractivity (Wildman–Crippen MR) is 79.8 cm³/mol. The first-order chi connectivity index (χ1) is 10.0. The van der Waals surface area contributed by atoms with Crippen molar-refractivity contribution in [2.75, 3.05) is 12.4 Å². The maximum absolute atomic E-state index is 11.0. The number of phenolic OH excluding ortho intramolecular Hbond substituents is 1. The zero-order valence-electron chi connectivity index (χ0n) is 11.8. The summed E-state index contributed by atoms with van der Waals surface area (Å²) in [7, 11) is 1.54. The maximum atomic E-state index is 11.0. The molecule has 0 bridgehead atoms. The molecule has 2 aromatic carbocycles. The van der Waals surface area contributed by atoms with Crippen LogP contribution in [-0.2, 0) is 6.54 Å². The van der Waals surface area contributed by atoms with Crippen LogP contribution in [0.25, 0.3) is 0 Å². The average molecular weight is 288 g/mol. The summed E-state index contributed by atoms with van der Waals surface area (Å²) in [6.45, 7) is 2.05. The van der Waals surface area contributed by atoms with Gasteiger partial charge in [-0.1, -0.05) is 6.07 Å². The highest BCUT2D eigenvalue weighted by Gasteiger charge is 2.14. The fraction of sp³-hybridized carbons (Fsp3) is 0.200. The van der Waals surface area contributed by atoms with Crippen molar-refractivity contribution in [3.63, 3.8) is 0 Å². The van der Waals surface area contributed by atoms with Crippen LogP contribution in [0.1, 0.15) is 11.1 Å². The molecule has 0 atom stereocenters. The number of rotatable bonds is 5. The molecule has 0 saturated heterocycles. The van der Waals surface area contributed by atoms with E-state index < -0.39 is 4.92 Å². The van der Waals surface area contributed by atoms with E-state index in [0.717, 1.165) is 5.56 Å². The number of nitro benzene ring substituents is 1. The van der Waals surface area contributed by atoms with Gasteiger partial charge in [-0.05, 0) is 36.8 Å². The number of aromatic hydroxyl groups is 1. The molecule has 0 heterocycles. The molecular formula is C15H16N2O4. The number of phenols is 1. The smallest absolute Gasteiger partial charge is 0.292 e. The zero-order chi connectivity index (χ0) is 15.4. The molecule has 0 saturated carbocycles. The third-order valence-electron chi connectivity index (χ3n) is 3.11. The summed E-state index contributed by atoms with van der Waals surface area (Å²) in [5.41, 5.74) is 1.84. The quantitative estimate of drug-likeness (QED) is 0.651. The highest BCUT2D eigenvalue weighted by molar-refractivity contribution is 5.63. The van der Waals surface area contributed by atoms with Gasteiger partial charge in [0, 0.05) is 18.2 Å². The van der Waals surface area contributed by atoms with Crippen molar-refractivity contribution in [1.29, 1.82) is 0 Å². The second kappa shape index (κ2) is 6.13. The summed E-state index contributed by atoms with van der Waals surface area (Å²) >= 11 is 0. The van der Waals surface area contributed by atoms with Gasteiger partial charge in [-0.3, -0.25) is 10.1 Å². The van der Waals surface area contributed by atoms with Crippen molar-refractivity contribution >= 4 is 11.4 Å². The molecule has 0 aliphatic heterocycles. The van der Waals surface area contributed by atoms with Gasteiger partial charge in [0.05, 0.1) is 12.0 Å². The fourth-order valence-corrected chi connectivity index (χ4v) is 1.96. The van der Waals surface area contributed by atoms with Crippen molar-refractivity contribution in [3.05, 3.63) is 57.6 Å². The average Bonchev–Trinajstić information content (AvgIpc) is 2.47. The molecule has 6 nitrogen and oxygen atoms in total. The number of anilines is 1. The van der Waals surface area contributed by atoms with Crippen LogP contribution in [0.4, 0.5) is 11.4 Å². The lowest BCUT2D eigenvalue weighted by Crippen LogP contribution is -2.03. The second-order valence-electron chi connectivity index (χ2n) is 4.63. The molecule has 2 rings (SSSR count). The summed E-state index contributed by atoms with van der Waals surface area (Å²) in [6.07, 6.45) is 0. The van der Waals surface area contributed by atoms with Crippen LogP contribution in [0.3, 0.4) is 0 Å². The number of nitrogens with one attached hydrogen (secondary N) is 1. The van der Waals surface area contributed by atoms with E-state index in [9.17, 15) is 15.2 Å². The van der Waals surface area contributed by atoms with Gasteiger partial charge in [0.1, 0.15) is 17.2 Å². The lowest BCUT2D eigenvalue weighted by atomic mass is 10.1. The fourth-order valence-electron chi connectivity index (χ4n) is 1.96. The van der Waals surface area contributed by atoms with Crippen molar-refractivity contribution in [2.45, 2.75) is 13.5 Å². The highest BCUT2D eigenvalue weighted by Crippen LogP contribution is 2.28. The molecule has 0 spiro atoms. The largest absolute Gasteiger partial charge is 0.508 e. The van der Waals surface area contributed by atoms with E-state index in [2.05, 4.69) is 5.32 Å². The molecule has 6 heteroatoms. The van der Waals surface area contributed by atoms with Crippen LogP contribution in [0.2, 0.25) is 0 Å². The minimum atomic E-state index is -0.430. The Morgan fingerprint density at radius 3 is 2.71 bits per heavy atom. The van der Waals surface area contributed by atoms with Gasteiger partial charge in [0.15, 0.2) is 0 Å². The first-order valence-electron chi connectivity index (χ1n) is 6.36. The van der Waals surface area contributed by atoms with Gasteiger partial charge < -0.3 is 15.2 Å². The van der Waals surface area contributed by atoms with Crippen LogP contribution < -0.4 is 10.1 Å². The van der Waals surface area contributed by atoms with Crippen molar-refractivity contribution in [2.24, 2.45) is 0 Å². The number of hydrogen-bond donors (Lipinski definition) is 2. The molecule has 110 valence electrons. The number of nitro groups is 1. The Hall–Kier alpha value is -2.76. The minimum absolute atomic E-state index is 0.0115. The first kappa shape index (κ1) is 14.6. The van der Waals surface area contributed by atoms with Crippen molar-refractivity contribution < 1.29 is 14.8 Å². The molecule has 2 aromatic rings. The molecule has 21 heavy (non-hydrogen) atoms. The Morgan fingerprint density at radius 1 is 1.29 bits per heavy atom. The third-order valence-corrected chi connectivity index (χ3v) is 3.11. The zero-order valence-corrected chi connectivity index (χ0v) is 11.8. The Labute approximate surface area is 122 Å². The molecule has 0 amide bonds. The number of hydrogen-bond acceptors (Lipinski definition) is 5. The van der Waals surface area contributed by atoms with Crippen LogP contribution in [0.5, 0.6) is 11.5 Å². The summed E-state index contributed by atoms with van der Waals surface area (Å²) in [5, 5.41) is 23.8. The van der Waals surface area contributed by atoms with Gasteiger partial charge in [-0.2, -0.15) is 0 Å². The second-order valence-corrected chi connectivity index (χ2v) is 4.63. The van der Waals surface area contributed by atoms with E-state index in [0.29, 0.717) is 17.0 Å². The van der Waals surface area contributed by atoms with E-state index in [4.69, 9.17) is 4.74 Å². The Bertz CT molecular complexity index is 671. The molecule has 0 aromatic heterocycles. The van der Waals surface area contributed by atoms with Crippen molar-refractivity contribution in [1.82, 2.24) is 0 Å². The molecule has 2 N–H and O–H groups in total. The van der Waals surface area contributed by atoms with E-state index in [1.165, 1.54) is 19.2 Å². The standard InChI is InChI=1S/C15H16N2O4/c1-10-3-5-13(14(7-10)17(19)20)16-9-11-8-12(21-2)4-6-15(11)18/h3-8,16,18H,9H2,1-2H3. The first-order valence-corrected chi connectivity index (χ1v) is 6.36. The summed E-state index contributed by atoms with van der Waals surface area (Å²) < 4.78 is 5.09.